The fourth-order valence-electron chi connectivity index (χ4n) is 1.43. The van der Waals surface area contributed by atoms with Gasteiger partial charge in [-0.05, 0) is 38.3 Å². The van der Waals surface area contributed by atoms with Crippen molar-refractivity contribution in [2.75, 3.05) is 6.54 Å². The molecule has 0 bridgehead atoms. The van der Waals surface area contributed by atoms with Crippen LogP contribution in [0, 0.1) is 6.92 Å². The number of aryl methyl sites for hydroxylation is 1. The van der Waals surface area contributed by atoms with Crippen molar-refractivity contribution < 1.29 is 4.79 Å². The number of rotatable bonds is 5. The Kier molecular flexibility index (Phi) is 4.92. The minimum absolute atomic E-state index is 0.109. The van der Waals surface area contributed by atoms with Crippen LogP contribution >= 0.6 is 0 Å². The van der Waals surface area contributed by atoms with Gasteiger partial charge in [0.25, 0.3) is 5.91 Å². The van der Waals surface area contributed by atoms with Gasteiger partial charge in [0, 0.05) is 18.8 Å². The van der Waals surface area contributed by atoms with Crippen molar-refractivity contribution in [2.45, 2.75) is 32.7 Å². The summed E-state index contributed by atoms with van der Waals surface area (Å²) in [7, 11) is 0. The molecule has 0 fully saturated rings. The minimum atomic E-state index is -0.109. The Morgan fingerprint density at radius 1 is 1.62 bits per heavy atom. The van der Waals surface area contributed by atoms with Crippen molar-refractivity contribution in [2.24, 2.45) is 5.73 Å². The molecule has 88 valence electrons. The van der Waals surface area contributed by atoms with Crippen molar-refractivity contribution in [3.05, 3.63) is 29.6 Å². The van der Waals surface area contributed by atoms with E-state index in [1.54, 1.807) is 6.20 Å². The lowest BCUT2D eigenvalue weighted by molar-refractivity contribution is 0.0947. The maximum absolute atomic E-state index is 11.7. The van der Waals surface area contributed by atoms with Crippen LogP contribution in [0.4, 0.5) is 0 Å². The zero-order chi connectivity index (χ0) is 12.0. The van der Waals surface area contributed by atoms with E-state index in [1.165, 1.54) is 0 Å². The Morgan fingerprint density at radius 2 is 2.38 bits per heavy atom. The maximum atomic E-state index is 11.7. The topological polar surface area (TPSA) is 68.0 Å². The first kappa shape index (κ1) is 12.6. The zero-order valence-electron chi connectivity index (χ0n) is 9.86. The van der Waals surface area contributed by atoms with Gasteiger partial charge in [0.05, 0.1) is 0 Å². The zero-order valence-corrected chi connectivity index (χ0v) is 9.86. The van der Waals surface area contributed by atoms with Gasteiger partial charge in [0.15, 0.2) is 0 Å². The molecule has 4 nitrogen and oxygen atoms in total. The van der Waals surface area contributed by atoms with Gasteiger partial charge in [0.2, 0.25) is 0 Å². The molecule has 1 atom stereocenters. The van der Waals surface area contributed by atoms with E-state index in [9.17, 15) is 4.79 Å². The van der Waals surface area contributed by atoms with Gasteiger partial charge in [-0.3, -0.25) is 9.78 Å². The lowest BCUT2D eigenvalue weighted by atomic mass is 10.2. The standard InChI is InChI=1S/C12H19N3O/c1-9-5-3-7-14-11(9)12(16)15-8-4-6-10(2)13/h3,5,7,10H,4,6,8,13H2,1-2H3,(H,15,16). The van der Waals surface area contributed by atoms with Gasteiger partial charge in [-0.1, -0.05) is 6.07 Å². The first-order valence-electron chi connectivity index (χ1n) is 5.56. The summed E-state index contributed by atoms with van der Waals surface area (Å²) >= 11 is 0. The molecule has 1 aromatic heterocycles. The molecule has 0 saturated heterocycles. The minimum Gasteiger partial charge on any atom is -0.351 e. The summed E-state index contributed by atoms with van der Waals surface area (Å²) in [6.45, 7) is 4.49. The lowest BCUT2D eigenvalue weighted by Gasteiger charge is -2.07. The molecule has 1 rings (SSSR count). The highest BCUT2D eigenvalue weighted by Gasteiger charge is 2.08. The highest BCUT2D eigenvalue weighted by atomic mass is 16.1. The number of nitrogens with zero attached hydrogens (tertiary/aromatic N) is 1. The molecule has 0 aliphatic carbocycles. The van der Waals surface area contributed by atoms with Gasteiger partial charge in [-0.25, -0.2) is 0 Å². The third-order valence-electron chi connectivity index (χ3n) is 2.35. The smallest absolute Gasteiger partial charge is 0.270 e. The third kappa shape index (κ3) is 3.98. The molecular formula is C12H19N3O. The summed E-state index contributed by atoms with van der Waals surface area (Å²) in [6, 6.07) is 3.89. The molecule has 1 aromatic rings. The van der Waals surface area contributed by atoms with E-state index in [0.717, 1.165) is 18.4 Å². The van der Waals surface area contributed by atoms with E-state index in [-0.39, 0.29) is 11.9 Å². The van der Waals surface area contributed by atoms with E-state index in [1.807, 2.05) is 26.0 Å². The first-order chi connectivity index (χ1) is 7.61. The molecule has 0 saturated carbocycles. The Morgan fingerprint density at radius 3 is 3.00 bits per heavy atom. The van der Waals surface area contributed by atoms with Gasteiger partial charge in [0.1, 0.15) is 5.69 Å². The van der Waals surface area contributed by atoms with Crippen molar-refractivity contribution in [3.63, 3.8) is 0 Å². The van der Waals surface area contributed by atoms with E-state index < -0.39 is 0 Å². The van der Waals surface area contributed by atoms with Gasteiger partial charge < -0.3 is 11.1 Å². The average molecular weight is 221 g/mol. The molecule has 0 radical (unpaired) electrons. The predicted molar refractivity (Wildman–Crippen MR) is 64.2 cm³/mol. The number of amides is 1. The SMILES string of the molecule is Cc1cccnc1C(=O)NCCCC(C)N. The van der Waals surface area contributed by atoms with Crippen LogP contribution in [-0.4, -0.2) is 23.5 Å². The summed E-state index contributed by atoms with van der Waals surface area (Å²) in [6.07, 6.45) is 3.45. The van der Waals surface area contributed by atoms with E-state index in [2.05, 4.69) is 10.3 Å². The number of pyridine rings is 1. The maximum Gasteiger partial charge on any atom is 0.270 e. The van der Waals surface area contributed by atoms with Crippen LogP contribution in [0.1, 0.15) is 35.8 Å². The molecule has 16 heavy (non-hydrogen) atoms. The molecule has 0 aliphatic rings. The van der Waals surface area contributed by atoms with E-state index >= 15 is 0 Å². The number of nitrogens with two attached hydrogens (primary N) is 1. The average Bonchev–Trinajstić information content (AvgIpc) is 2.24. The Labute approximate surface area is 96.3 Å². The molecule has 4 heteroatoms. The van der Waals surface area contributed by atoms with Crippen LogP contribution in [0.15, 0.2) is 18.3 Å². The van der Waals surface area contributed by atoms with Crippen molar-refractivity contribution >= 4 is 5.91 Å². The molecule has 0 aromatic carbocycles. The number of aromatic nitrogens is 1. The Bertz CT molecular complexity index is 350. The highest BCUT2D eigenvalue weighted by Crippen LogP contribution is 2.02. The number of hydrogen-bond donors (Lipinski definition) is 2. The highest BCUT2D eigenvalue weighted by molar-refractivity contribution is 5.93. The summed E-state index contributed by atoms with van der Waals surface area (Å²) in [5.74, 6) is -0.109. The molecule has 0 aliphatic heterocycles. The number of nitrogens with one attached hydrogen (secondary N) is 1. The first-order valence-corrected chi connectivity index (χ1v) is 5.56. The second kappa shape index (κ2) is 6.23. The number of hydrogen-bond acceptors (Lipinski definition) is 3. The lowest BCUT2D eigenvalue weighted by Crippen LogP contribution is -2.27. The van der Waals surface area contributed by atoms with Crippen LogP contribution in [0.3, 0.4) is 0 Å². The third-order valence-corrected chi connectivity index (χ3v) is 2.35. The molecule has 1 amide bonds. The molecule has 1 heterocycles. The molecular weight excluding hydrogens is 202 g/mol. The van der Waals surface area contributed by atoms with Crippen LogP contribution in [0.25, 0.3) is 0 Å². The van der Waals surface area contributed by atoms with Crippen LogP contribution in [-0.2, 0) is 0 Å². The van der Waals surface area contributed by atoms with Crippen molar-refractivity contribution in [1.29, 1.82) is 0 Å². The number of carbonyl (C=O) groups is 1. The largest absolute Gasteiger partial charge is 0.351 e. The van der Waals surface area contributed by atoms with Crippen molar-refractivity contribution in [1.82, 2.24) is 10.3 Å². The van der Waals surface area contributed by atoms with Gasteiger partial charge in [-0.2, -0.15) is 0 Å². The Balaban J connectivity index is 2.39. The molecule has 3 N–H and O–H groups in total. The normalized spacial score (nSPS) is 12.2. The quantitative estimate of drug-likeness (QED) is 0.735. The monoisotopic (exact) mass is 221 g/mol. The van der Waals surface area contributed by atoms with Crippen LogP contribution in [0.2, 0.25) is 0 Å². The van der Waals surface area contributed by atoms with Crippen LogP contribution in [0.5, 0.6) is 0 Å². The summed E-state index contributed by atoms with van der Waals surface area (Å²) in [5, 5.41) is 2.84. The van der Waals surface area contributed by atoms with Crippen LogP contribution < -0.4 is 11.1 Å². The van der Waals surface area contributed by atoms with Gasteiger partial charge in [-0.15, -0.1) is 0 Å². The molecule has 0 spiro atoms. The second-order valence-corrected chi connectivity index (χ2v) is 4.04. The van der Waals surface area contributed by atoms with E-state index in [0.29, 0.717) is 12.2 Å². The fourth-order valence-corrected chi connectivity index (χ4v) is 1.43. The van der Waals surface area contributed by atoms with E-state index in [4.69, 9.17) is 5.73 Å². The van der Waals surface area contributed by atoms with Crippen molar-refractivity contribution in [3.8, 4) is 0 Å². The Hall–Kier alpha value is -1.42. The summed E-state index contributed by atoms with van der Waals surface area (Å²) in [5.41, 5.74) is 7.02. The molecule has 1 unspecified atom stereocenters. The summed E-state index contributed by atoms with van der Waals surface area (Å²) in [4.78, 5) is 15.8. The fraction of sp³-hybridized carbons (Fsp3) is 0.500. The second-order valence-electron chi connectivity index (χ2n) is 4.04. The number of carbonyl (C=O) groups excluding carboxylic acids is 1. The summed E-state index contributed by atoms with van der Waals surface area (Å²) < 4.78 is 0. The predicted octanol–water partition coefficient (Wildman–Crippen LogP) is 1.25. The van der Waals surface area contributed by atoms with Gasteiger partial charge >= 0.3 is 0 Å².